The molecule has 1 saturated heterocycles. The van der Waals surface area contributed by atoms with Crippen molar-refractivity contribution in [1.82, 2.24) is 4.90 Å². The molecule has 2 aliphatic rings. The van der Waals surface area contributed by atoms with Crippen LogP contribution in [0.1, 0.15) is 59.3 Å². The minimum atomic E-state index is -0.426. The Bertz CT molecular complexity index is 327. The first-order valence-electron chi connectivity index (χ1n) is 7.46. The van der Waals surface area contributed by atoms with Crippen LogP contribution in [0.2, 0.25) is 0 Å². The largest absolute Gasteiger partial charge is 0.444 e. The van der Waals surface area contributed by atoms with E-state index >= 15 is 0 Å². The summed E-state index contributed by atoms with van der Waals surface area (Å²) in [6.07, 6.45) is 5.74. The second kappa shape index (κ2) is 5.31. The average Bonchev–Trinajstić information content (AvgIpc) is 2.32. The highest BCUT2D eigenvalue weighted by atomic mass is 16.6. The first-order valence-corrected chi connectivity index (χ1v) is 7.46. The first-order chi connectivity index (χ1) is 8.80. The number of carbonyl (C=O) groups excluding carboxylic acids is 1. The fourth-order valence-corrected chi connectivity index (χ4v) is 3.31. The van der Waals surface area contributed by atoms with Crippen molar-refractivity contribution in [3.8, 4) is 0 Å². The Hall–Kier alpha value is -0.770. The van der Waals surface area contributed by atoms with Crippen LogP contribution in [-0.4, -0.2) is 40.9 Å². The number of carbonyl (C=O) groups is 1. The average molecular weight is 269 g/mol. The Morgan fingerprint density at radius 2 is 1.89 bits per heavy atom. The quantitative estimate of drug-likeness (QED) is 0.735. The Kier molecular flexibility index (Phi) is 4.09. The van der Waals surface area contributed by atoms with Gasteiger partial charge in [-0.1, -0.05) is 0 Å². The van der Waals surface area contributed by atoms with Crippen molar-refractivity contribution >= 4 is 6.09 Å². The molecule has 1 aliphatic heterocycles. The van der Waals surface area contributed by atoms with Crippen LogP contribution in [0.15, 0.2) is 0 Å². The number of amides is 1. The molecule has 1 N–H and O–H groups in total. The Labute approximate surface area is 116 Å². The van der Waals surface area contributed by atoms with Crippen LogP contribution < -0.4 is 0 Å². The molecular weight excluding hydrogens is 242 g/mol. The molecule has 0 atom stereocenters. The second-order valence-electron chi connectivity index (χ2n) is 7.24. The van der Waals surface area contributed by atoms with Crippen molar-refractivity contribution in [2.24, 2.45) is 5.41 Å². The number of aliphatic hydroxyl groups excluding tert-OH is 1. The minimum absolute atomic E-state index is 0.137. The van der Waals surface area contributed by atoms with E-state index < -0.39 is 5.60 Å². The molecule has 4 nitrogen and oxygen atoms in total. The summed E-state index contributed by atoms with van der Waals surface area (Å²) in [5.74, 6) is 0. The minimum Gasteiger partial charge on any atom is -0.444 e. The van der Waals surface area contributed by atoms with Gasteiger partial charge in [-0.3, -0.25) is 0 Å². The van der Waals surface area contributed by atoms with E-state index in [2.05, 4.69) is 0 Å². The van der Waals surface area contributed by atoms with Gasteiger partial charge in [0.25, 0.3) is 0 Å². The fourth-order valence-electron chi connectivity index (χ4n) is 3.31. The maximum Gasteiger partial charge on any atom is 0.410 e. The first kappa shape index (κ1) is 14.6. The maximum atomic E-state index is 12.2. The number of nitrogens with zero attached hydrogens (tertiary/aromatic N) is 1. The van der Waals surface area contributed by atoms with Crippen LogP contribution in [0.5, 0.6) is 0 Å². The lowest BCUT2D eigenvalue weighted by molar-refractivity contribution is -0.0162. The number of ether oxygens (including phenoxy) is 1. The van der Waals surface area contributed by atoms with E-state index in [0.29, 0.717) is 0 Å². The maximum absolute atomic E-state index is 12.2. The van der Waals surface area contributed by atoms with Gasteiger partial charge in [0.15, 0.2) is 0 Å². The number of rotatable bonds is 0. The summed E-state index contributed by atoms with van der Waals surface area (Å²) >= 11 is 0. The predicted molar refractivity (Wildman–Crippen MR) is 73.9 cm³/mol. The van der Waals surface area contributed by atoms with Crippen molar-refractivity contribution in [1.29, 1.82) is 0 Å². The summed E-state index contributed by atoms with van der Waals surface area (Å²) in [5, 5.41) is 9.65. The number of hydrogen-bond donors (Lipinski definition) is 1. The molecule has 1 spiro atoms. The highest BCUT2D eigenvalue weighted by Crippen LogP contribution is 2.43. The summed E-state index contributed by atoms with van der Waals surface area (Å²) in [4.78, 5) is 14.0. The van der Waals surface area contributed by atoms with Gasteiger partial charge in [-0.2, -0.15) is 0 Å². The van der Waals surface area contributed by atoms with Crippen molar-refractivity contribution in [3.05, 3.63) is 0 Å². The van der Waals surface area contributed by atoms with Crippen LogP contribution >= 0.6 is 0 Å². The third kappa shape index (κ3) is 3.85. The van der Waals surface area contributed by atoms with E-state index in [0.717, 1.165) is 45.2 Å². The van der Waals surface area contributed by atoms with Crippen molar-refractivity contribution in [2.45, 2.75) is 71.0 Å². The fraction of sp³-hybridized carbons (Fsp3) is 0.933. The summed E-state index contributed by atoms with van der Waals surface area (Å²) < 4.78 is 5.47. The number of hydrogen-bond acceptors (Lipinski definition) is 3. The normalized spacial score (nSPS) is 32.4. The highest BCUT2D eigenvalue weighted by molar-refractivity contribution is 5.68. The molecule has 2 fully saturated rings. The van der Waals surface area contributed by atoms with Gasteiger partial charge < -0.3 is 14.7 Å². The smallest absolute Gasteiger partial charge is 0.410 e. The molecule has 110 valence electrons. The van der Waals surface area contributed by atoms with Crippen LogP contribution in [0.4, 0.5) is 4.79 Å². The van der Waals surface area contributed by atoms with E-state index in [1.165, 1.54) is 6.42 Å². The lowest BCUT2D eigenvalue weighted by atomic mass is 9.68. The number of aliphatic hydroxyl groups is 1. The van der Waals surface area contributed by atoms with Crippen molar-refractivity contribution < 1.29 is 14.6 Å². The number of likely N-dealkylation sites (tertiary alicyclic amines) is 1. The molecule has 1 saturated carbocycles. The summed E-state index contributed by atoms with van der Waals surface area (Å²) in [5.41, 5.74) is -0.196. The summed E-state index contributed by atoms with van der Waals surface area (Å²) in [7, 11) is 0. The predicted octanol–water partition coefficient (Wildman–Crippen LogP) is 2.94. The molecule has 2 rings (SSSR count). The van der Waals surface area contributed by atoms with Crippen LogP contribution in [-0.2, 0) is 4.74 Å². The van der Waals surface area contributed by atoms with E-state index in [1.54, 1.807) is 0 Å². The van der Waals surface area contributed by atoms with Crippen LogP contribution in [0, 0.1) is 5.41 Å². The van der Waals surface area contributed by atoms with Crippen molar-refractivity contribution in [3.63, 3.8) is 0 Å². The summed E-state index contributed by atoms with van der Waals surface area (Å²) in [6, 6.07) is 0. The van der Waals surface area contributed by atoms with E-state index in [4.69, 9.17) is 4.74 Å². The topological polar surface area (TPSA) is 49.8 Å². The van der Waals surface area contributed by atoms with Gasteiger partial charge in [-0.15, -0.1) is 0 Å². The van der Waals surface area contributed by atoms with Crippen molar-refractivity contribution in [2.75, 3.05) is 13.1 Å². The second-order valence-corrected chi connectivity index (χ2v) is 7.24. The van der Waals surface area contributed by atoms with Gasteiger partial charge in [0, 0.05) is 13.1 Å². The summed E-state index contributed by atoms with van der Waals surface area (Å²) in [6.45, 7) is 7.32. The molecule has 0 unspecified atom stereocenters. The zero-order chi connectivity index (χ0) is 14.1. The molecule has 0 aromatic carbocycles. The lowest BCUT2D eigenvalue weighted by Crippen LogP contribution is -2.49. The van der Waals surface area contributed by atoms with Gasteiger partial charge in [-0.25, -0.2) is 4.79 Å². The van der Waals surface area contributed by atoms with Gasteiger partial charge >= 0.3 is 6.09 Å². The molecular formula is C15H27NO3. The highest BCUT2D eigenvalue weighted by Gasteiger charge is 2.40. The molecule has 19 heavy (non-hydrogen) atoms. The van der Waals surface area contributed by atoms with Gasteiger partial charge in [0.2, 0.25) is 0 Å². The van der Waals surface area contributed by atoms with Crippen LogP contribution in [0.3, 0.4) is 0 Å². The molecule has 0 radical (unpaired) electrons. The standard InChI is InChI=1S/C15H27NO3/c1-14(2,3)19-13(18)16-10-4-7-15(11-16)8-5-12(17)6-9-15/h12,17H,4-11H2,1-3H3. The zero-order valence-electron chi connectivity index (χ0n) is 12.4. The molecule has 1 aliphatic carbocycles. The van der Waals surface area contributed by atoms with E-state index in [-0.39, 0.29) is 17.6 Å². The van der Waals surface area contributed by atoms with Gasteiger partial charge in [0.05, 0.1) is 6.10 Å². The SMILES string of the molecule is CC(C)(C)OC(=O)N1CCCC2(CCC(O)CC2)C1. The molecule has 0 aromatic rings. The van der Waals surface area contributed by atoms with Gasteiger partial charge in [0.1, 0.15) is 5.60 Å². The van der Waals surface area contributed by atoms with Gasteiger partial charge in [-0.05, 0) is 64.7 Å². The molecule has 4 heteroatoms. The number of piperidine rings is 1. The molecule has 0 aromatic heterocycles. The lowest BCUT2D eigenvalue weighted by Gasteiger charge is -2.46. The van der Waals surface area contributed by atoms with E-state index in [9.17, 15) is 9.90 Å². The Balaban J connectivity index is 1.95. The third-order valence-corrected chi connectivity index (χ3v) is 4.33. The van der Waals surface area contributed by atoms with Crippen LogP contribution in [0.25, 0.3) is 0 Å². The molecule has 1 heterocycles. The Morgan fingerprint density at radius 3 is 2.47 bits per heavy atom. The zero-order valence-corrected chi connectivity index (χ0v) is 12.4. The molecule has 1 amide bonds. The third-order valence-electron chi connectivity index (χ3n) is 4.33. The monoisotopic (exact) mass is 269 g/mol. The molecule has 0 bridgehead atoms. The van der Waals surface area contributed by atoms with E-state index in [1.807, 2.05) is 25.7 Å². The Morgan fingerprint density at radius 1 is 1.26 bits per heavy atom.